The molecule has 72 valence electrons. The van der Waals surface area contributed by atoms with Crippen molar-refractivity contribution in [2.75, 3.05) is 0 Å². The van der Waals surface area contributed by atoms with Crippen molar-refractivity contribution in [3.05, 3.63) is 34.7 Å². The number of nitrogens with one attached hydrogen (secondary N) is 1. The van der Waals surface area contributed by atoms with Crippen LogP contribution in [0.15, 0.2) is 23.6 Å². The van der Waals surface area contributed by atoms with E-state index in [1.165, 1.54) is 0 Å². The topological polar surface area (TPSA) is 55.1 Å². The number of thiophene rings is 1. The highest BCUT2D eigenvalue weighted by molar-refractivity contribution is 7.17. The molecule has 0 aliphatic carbocycles. The van der Waals surface area contributed by atoms with E-state index in [0.717, 1.165) is 15.6 Å². The first-order valence-electron chi connectivity index (χ1n) is 4.22. The third kappa shape index (κ3) is 1.29. The molecule has 1 amide bonds. The van der Waals surface area contributed by atoms with Gasteiger partial charge in [-0.3, -0.25) is 10.2 Å². The molecule has 0 saturated heterocycles. The van der Waals surface area contributed by atoms with Gasteiger partial charge in [0.15, 0.2) is 0 Å². The molecule has 1 heterocycles. The molecule has 0 bridgehead atoms. The van der Waals surface area contributed by atoms with Crippen LogP contribution in [0.3, 0.4) is 0 Å². The van der Waals surface area contributed by atoms with Crippen LogP contribution in [0.2, 0.25) is 0 Å². The summed E-state index contributed by atoms with van der Waals surface area (Å²) in [6.45, 7) is 1.99. The van der Waals surface area contributed by atoms with Gasteiger partial charge in [-0.25, -0.2) is 5.84 Å². The van der Waals surface area contributed by atoms with Gasteiger partial charge in [0.1, 0.15) is 0 Å². The second-order valence-electron chi connectivity index (χ2n) is 3.07. The molecule has 0 saturated carbocycles. The number of hydrazine groups is 1. The number of benzene rings is 1. The molecule has 2 aromatic rings. The number of aryl methyl sites for hydroxylation is 1. The Morgan fingerprint density at radius 1 is 1.50 bits per heavy atom. The van der Waals surface area contributed by atoms with Gasteiger partial charge in [-0.1, -0.05) is 6.07 Å². The standard InChI is InChI=1S/C10H10N2OS/c1-6-5-14-8-4-2-3-7(9(6)8)10(13)12-11/h2-5H,11H2,1H3,(H,12,13). The number of hydrogen-bond donors (Lipinski definition) is 2. The lowest BCUT2D eigenvalue weighted by atomic mass is 10.1. The van der Waals surface area contributed by atoms with Crippen molar-refractivity contribution >= 4 is 27.3 Å². The first-order valence-corrected chi connectivity index (χ1v) is 5.09. The monoisotopic (exact) mass is 206 g/mol. The maximum atomic E-state index is 11.4. The van der Waals surface area contributed by atoms with Gasteiger partial charge in [-0.05, 0) is 30.0 Å². The fraction of sp³-hybridized carbons (Fsp3) is 0.100. The molecule has 0 radical (unpaired) electrons. The van der Waals surface area contributed by atoms with Gasteiger partial charge in [0, 0.05) is 15.6 Å². The number of nitrogen functional groups attached to an aromatic ring is 1. The first-order chi connectivity index (χ1) is 6.74. The lowest BCUT2D eigenvalue weighted by Gasteiger charge is -2.02. The molecule has 14 heavy (non-hydrogen) atoms. The van der Waals surface area contributed by atoms with Crippen LogP contribution < -0.4 is 11.3 Å². The van der Waals surface area contributed by atoms with Crippen LogP contribution in [0.5, 0.6) is 0 Å². The van der Waals surface area contributed by atoms with Gasteiger partial charge in [0.2, 0.25) is 0 Å². The van der Waals surface area contributed by atoms with Crippen molar-refractivity contribution in [2.24, 2.45) is 5.84 Å². The summed E-state index contributed by atoms with van der Waals surface area (Å²) in [5.41, 5.74) is 3.91. The third-order valence-corrected chi connectivity index (χ3v) is 3.22. The van der Waals surface area contributed by atoms with Gasteiger partial charge < -0.3 is 0 Å². The molecule has 1 aromatic heterocycles. The molecular formula is C10H10N2OS. The zero-order chi connectivity index (χ0) is 10.1. The fourth-order valence-electron chi connectivity index (χ4n) is 1.51. The summed E-state index contributed by atoms with van der Waals surface area (Å²) in [4.78, 5) is 11.4. The largest absolute Gasteiger partial charge is 0.290 e. The Bertz CT molecular complexity index is 490. The molecule has 2 rings (SSSR count). The number of rotatable bonds is 1. The van der Waals surface area contributed by atoms with E-state index in [-0.39, 0.29) is 5.91 Å². The Labute approximate surface area is 85.5 Å². The summed E-state index contributed by atoms with van der Waals surface area (Å²) < 4.78 is 1.11. The van der Waals surface area contributed by atoms with E-state index in [1.807, 2.05) is 24.4 Å². The van der Waals surface area contributed by atoms with Gasteiger partial charge >= 0.3 is 0 Å². The molecule has 0 aliphatic rings. The number of hydrogen-bond acceptors (Lipinski definition) is 3. The quantitative estimate of drug-likeness (QED) is 0.425. The predicted molar refractivity (Wildman–Crippen MR) is 58.2 cm³/mol. The minimum Gasteiger partial charge on any atom is -0.290 e. The Morgan fingerprint density at radius 2 is 2.29 bits per heavy atom. The zero-order valence-electron chi connectivity index (χ0n) is 7.70. The minimum absolute atomic E-state index is 0.239. The smallest absolute Gasteiger partial charge is 0.265 e. The summed E-state index contributed by atoms with van der Waals surface area (Å²) in [6.07, 6.45) is 0. The molecule has 3 N–H and O–H groups in total. The summed E-state index contributed by atoms with van der Waals surface area (Å²) in [5.74, 6) is 4.88. The second-order valence-corrected chi connectivity index (χ2v) is 3.98. The van der Waals surface area contributed by atoms with Crippen LogP contribution in [-0.2, 0) is 0 Å². The highest BCUT2D eigenvalue weighted by Crippen LogP contribution is 2.28. The van der Waals surface area contributed by atoms with Crippen LogP contribution >= 0.6 is 11.3 Å². The van der Waals surface area contributed by atoms with Crippen LogP contribution in [0.1, 0.15) is 15.9 Å². The number of nitrogens with two attached hydrogens (primary N) is 1. The lowest BCUT2D eigenvalue weighted by Crippen LogP contribution is -2.30. The van der Waals surface area contributed by atoms with Crippen LogP contribution in [0, 0.1) is 6.92 Å². The first kappa shape index (κ1) is 9.18. The van der Waals surface area contributed by atoms with Crippen molar-refractivity contribution in [1.29, 1.82) is 0 Å². The normalized spacial score (nSPS) is 10.4. The van der Waals surface area contributed by atoms with Gasteiger partial charge in [-0.15, -0.1) is 11.3 Å². The lowest BCUT2D eigenvalue weighted by molar-refractivity contribution is 0.0955. The Morgan fingerprint density at radius 3 is 3.00 bits per heavy atom. The second kappa shape index (κ2) is 3.40. The molecule has 0 atom stereocenters. The minimum atomic E-state index is -0.239. The average molecular weight is 206 g/mol. The molecular weight excluding hydrogens is 196 g/mol. The predicted octanol–water partition coefficient (Wildman–Crippen LogP) is 1.81. The van der Waals surface area contributed by atoms with E-state index in [2.05, 4.69) is 5.43 Å². The number of amides is 1. The number of carbonyl (C=O) groups excluding carboxylic acids is 1. The van der Waals surface area contributed by atoms with E-state index in [1.54, 1.807) is 17.4 Å². The fourth-order valence-corrected chi connectivity index (χ4v) is 2.48. The van der Waals surface area contributed by atoms with Crippen molar-refractivity contribution in [1.82, 2.24) is 5.43 Å². The maximum Gasteiger partial charge on any atom is 0.265 e. The van der Waals surface area contributed by atoms with Crippen molar-refractivity contribution in [2.45, 2.75) is 6.92 Å². The van der Waals surface area contributed by atoms with E-state index in [0.29, 0.717) is 5.56 Å². The van der Waals surface area contributed by atoms with Crippen molar-refractivity contribution < 1.29 is 4.79 Å². The van der Waals surface area contributed by atoms with Gasteiger partial charge in [0.25, 0.3) is 5.91 Å². The summed E-state index contributed by atoms with van der Waals surface area (Å²) in [7, 11) is 0. The van der Waals surface area contributed by atoms with E-state index < -0.39 is 0 Å². The van der Waals surface area contributed by atoms with Crippen molar-refractivity contribution in [3.8, 4) is 0 Å². The van der Waals surface area contributed by atoms with E-state index >= 15 is 0 Å². The highest BCUT2D eigenvalue weighted by atomic mass is 32.1. The Hall–Kier alpha value is -1.39. The molecule has 4 heteroatoms. The maximum absolute atomic E-state index is 11.4. The number of fused-ring (bicyclic) bond motifs is 1. The van der Waals surface area contributed by atoms with Crippen LogP contribution in [0.25, 0.3) is 10.1 Å². The van der Waals surface area contributed by atoms with Gasteiger partial charge in [0.05, 0.1) is 0 Å². The molecule has 1 aromatic carbocycles. The molecule has 0 aliphatic heterocycles. The third-order valence-electron chi connectivity index (χ3n) is 2.16. The number of carbonyl (C=O) groups is 1. The molecule has 0 spiro atoms. The van der Waals surface area contributed by atoms with Crippen LogP contribution in [-0.4, -0.2) is 5.91 Å². The van der Waals surface area contributed by atoms with Gasteiger partial charge in [-0.2, -0.15) is 0 Å². The average Bonchev–Trinajstić information content (AvgIpc) is 2.59. The van der Waals surface area contributed by atoms with E-state index in [4.69, 9.17) is 5.84 Å². The Kier molecular flexibility index (Phi) is 2.23. The summed E-state index contributed by atoms with van der Waals surface area (Å²) in [6, 6.07) is 5.65. The van der Waals surface area contributed by atoms with Crippen LogP contribution in [0.4, 0.5) is 0 Å². The molecule has 0 unspecified atom stereocenters. The Balaban J connectivity index is 2.75. The summed E-state index contributed by atoms with van der Waals surface area (Å²) >= 11 is 1.64. The molecule has 3 nitrogen and oxygen atoms in total. The summed E-state index contributed by atoms with van der Waals surface area (Å²) in [5, 5.41) is 3.04. The SMILES string of the molecule is Cc1csc2cccc(C(=O)NN)c12. The molecule has 0 fully saturated rings. The van der Waals surface area contributed by atoms with Crippen molar-refractivity contribution in [3.63, 3.8) is 0 Å². The zero-order valence-corrected chi connectivity index (χ0v) is 8.52. The highest BCUT2D eigenvalue weighted by Gasteiger charge is 2.10. The van der Waals surface area contributed by atoms with E-state index in [9.17, 15) is 4.79 Å².